The Hall–Kier alpha value is -2.38. The van der Waals surface area contributed by atoms with Gasteiger partial charge in [0, 0.05) is 56.5 Å². The molecule has 1 amide bonds. The lowest BCUT2D eigenvalue weighted by Crippen LogP contribution is -2.40. The van der Waals surface area contributed by atoms with Crippen LogP contribution >= 0.6 is 11.6 Å². The van der Waals surface area contributed by atoms with Gasteiger partial charge in [-0.25, -0.2) is 9.97 Å². The van der Waals surface area contributed by atoms with Gasteiger partial charge >= 0.3 is 0 Å². The Kier molecular flexibility index (Phi) is 8.49. The van der Waals surface area contributed by atoms with Crippen LogP contribution in [0.1, 0.15) is 38.3 Å². The quantitative estimate of drug-likeness (QED) is 0.632. The van der Waals surface area contributed by atoms with E-state index < -0.39 is 0 Å². The molecular formula is C23H31ClN4O3. The van der Waals surface area contributed by atoms with E-state index in [4.69, 9.17) is 21.1 Å². The summed E-state index contributed by atoms with van der Waals surface area (Å²) in [5.74, 6) is 1.53. The first-order chi connectivity index (χ1) is 14.9. The van der Waals surface area contributed by atoms with Gasteiger partial charge in [0.05, 0.1) is 18.2 Å². The lowest BCUT2D eigenvalue weighted by molar-refractivity contribution is -0.136. The average Bonchev–Trinajstić information content (AvgIpc) is 2.99. The molecule has 1 aromatic carbocycles. The van der Waals surface area contributed by atoms with E-state index in [1.807, 2.05) is 24.0 Å². The maximum Gasteiger partial charge on any atom is 0.226 e. The van der Waals surface area contributed by atoms with Crippen molar-refractivity contribution in [1.82, 2.24) is 20.2 Å². The molecule has 0 fully saturated rings. The Morgan fingerprint density at radius 3 is 2.65 bits per heavy atom. The van der Waals surface area contributed by atoms with Crippen molar-refractivity contribution in [2.75, 3.05) is 26.3 Å². The minimum Gasteiger partial charge on any atom is -0.489 e. The largest absolute Gasteiger partial charge is 0.489 e. The summed E-state index contributed by atoms with van der Waals surface area (Å²) in [5.41, 5.74) is 1.92. The van der Waals surface area contributed by atoms with Gasteiger partial charge in [-0.05, 0) is 23.6 Å². The molecule has 0 saturated carbocycles. The molecule has 1 aliphatic heterocycles. The number of halogens is 1. The molecule has 168 valence electrons. The van der Waals surface area contributed by atoms with Crippen molar-refractivity contribution in [2.24, 2.45) is 11.8 Å². The van der Waals surface area contributed by atoms with Gasteiger partial charge in [0.25, 0.3) is 0 Å². The van der Waals surface area contributed by atoms with Crippen molar-refractivity contribution in [3.8, 4) is 11.5 Å². The first-order valence-corrected chi connectivity index (χ1v) is 11.1. The molecule has 0 spiro atoms. The van der Waals surface area contributed by atoms with Crippen molar-refractivity contribution in [2.45, 2.75) is 40.3 Å². The summed E-state index contributed by atoms with van der Waals surface area (Å²) in [6.45, 7) is 9.70. The minimum absolute atomic E-state index is 0.105. The van der Waals surface area contributed by atoms with Gasteiger partial charge in [-0.3, -0.25) is 4.79 Å². The number of carbonyl (C=O) groups is 1. The number of hydrogen-bond donors (Lipinski definition) is 1. The number of nitrogens with one attached hydrogen (secondary N) is 1. The Bertz CT molecular complexity index is 863. The van der Waals surface area contributed by atoms with Crippen molar-refractivity contribution in [1.29, 1.82) is 0 Å². The summed E-state index contributed by atoms with van der Waals surface area (Å²) < 4.78 is 11.5. The highest BCUT2D eigenvalue weighted by molar-refractivity contribution is 6.32. The molecule has 2 heterocycles. The van der Waals surface area contributed by atoms with Gasteiger partial charge in [-0.15, -0.1) is 0 Å². The van der Waals surface area contributed by atoms with Crippen molar-refractivity contribution < 1.29 is 14.3 Å². The molecule has 1 N–H and O–H groups in total. The zero-order valence-electron chi connectivity index (χ0n) is 18.4. The highest BCUT2D eigenvalue weighted by Gasteiger charge is 2.23. The molecule has 8 heteroatoms. The van der Waals surface area contributed by atoms with Gasteiger partial charge in [-0.2, -0.15) is 0 Å². The molecule has 0 radical (unpaired) electrons. The van der Waals surface area contributed by atoms with Crippen LogP contribution in [0.3, 0.4) is 0 Å². The summed E-state index contributed by atoms with van der Waals surface area (Å²) in [7, 11) is 0. The molecule has 2 aromatic rings. The van der Waals surface area contributed by atoms with Crippen LogP contribution in [-0.2, 0) is 17.9 Å². The van der Waals surface area contributed by atoms with Crippen molar-refractivity contribution in [3.63, 3.8) is 0 Å². The maximum atomic E-state index is 13.2. The average molecular weight is 447 g/mol. The summed E-state index contributed by atoms with van der Waals surface area (Å²) in [5, 5.41) is 3.85. The summed E-state index contributed by atoms with van der Waals surface area (Å²) >= 11 is 6.45. The van der Waals surface area contributed by atoms with Crippen LogP contribution in [0.15, 0.2) is 30.9 Å². The summed E-state index contributed by atoms with van der Waals surface area (Å²) in [4.78, 5) is 23.2. The third-order valence-electron chi connectivity index (χ3n) is 4.95. The smallest absolute Gasteiger partial charge is 0.226 e. The van der Waals surface area contributed by atoms with Crippen LogP contribution in [0.2, 0.25) is 5.02 Å². The van der Waals surface area contributed by atoms with Gasteiger partial charge in [0.15, 0.2) is 11.5 Å². The molecule has 7 nitrogen and oxygen atoms in total. The molecule has 0 bridgehead atoms. The monoisotopic (exact) mass is 446 g/mol. The molecule has 0 aliphatic carbocycles. The van der Waals surface area contributed by atoms with Crippen LogP contribution < -0.4 is 14.8 Å². The predicted molar refractivity (Wildman–Crippen MR) is 120 cm³/mol. The number of nitrogens with zero attached hydrogens (tertiary/aromatic N) is 3. The molecule has 1 aliphatic rings. The molecule has 3 rings (SSSR count). The number of benzene rings is 1. The minimum atomic E-state index is -0.167. The SMILES string of the molecule is CC(C)CN(Cc1cc(Cl)c2c(c1)OCCCO2)C(=O)C(C)CNCc1cncnc1. The Morgan fingerprint density at radius 1 is 1.16 bits per heavy atom. The van der Waals surface area contributed by atoms with Crippen molar-refractivity contribution in [3.05, 3.63) is 47.0 Å². The zero-order valence-corrected chi connectivity index (χ0v) is 19.2. The molecular weight excluding hydrogens is 416 g/mol. The standard InChI is InChI=1S/C23H31ClN4O3/c1-16(2)13-28(23(29)17(3)9-25-10-19-11-26-15-27-12-19)14-18-7-20(24)22-21(8-18)30-5-4-6-31-22/h7-8,11-12,15-17,25H,4-6,9-10,13-14H2,1-3H3. The number of amides is 1. The second kappa shape index (κ2) is 11.3. The van der Waals surface area contributed by atoms with Crippen LogP contribution in [0.25, 0.3) is 0 Å². The molecule has 1 atom stereocenters. The fraction of sp³-hybridized carbons (Fsp3) is 0.522. The summed E-state index contributed by atoms with van der Waals surface area (Å²) in [6, 6.07) is 3.81. The normalized spacial score (nSPS) is 14.2. The van der Waals surface area contributed by atoms with Gasteiger partial charge in [0.2, 0.25) is 5.91 Å². The second-order valence-electron chi connectivity index (χ2n) is 8.35. The van der Waals surface area contributed by atoms with Crippen LogP contribution in [0, 0.1) is 11.8 Å². The van der Waals surface area contributed by atoms with Crippen molar-refractivity contribution >= 4 is 17.5 Å². The third-order valence-corrected chi connectivity index (χ3v) is 5.23. The highest BCUT2D eigenvalue weighted by Crippen LogP contribution is 2.38. The molecule has 1 unspecified atom stereocenters. The second-order valence-corrected chi connectivity index (χ2v) is 8.75. The maximum absolute atomic E-state index is 13.2. The Labute approximate surface area is 189 Å². The fourth-order valence-electron chi connectivity index (χ4n) is 3.52. The predicted octanol–water partition coefficient (Wildman–Crippen LogP) is 3.70. The highest BCUT2D eigenvalue weighted by atomic mass is 35.5. The van der Waals surface area contributed by atoms with E-state index in [9.17, 15) is 4.79 Å². The summed E-state index contributed by atoms with van der Waals surface area (Å²) in [6.07, 6.45) is 5.86. The van der Waals surface area contributed by atoms with Crippen LogP contribution in [0.5, 0.6) is 11.5 Å². The zero-order chi connectivity index (χ0) is 22.2. The third kappa shape index (κ3) is 6.80. The molecule has 31 heavy (non-hydrogen) atoms. The van der Waals surface area contributed by atoms with E-state index in [1.165, 1.54) is 6.33 Å². The van der Waals surface area contributed by atoms with Gasteiger partial charge in [-0.1, -0.05) is 32.4 Å². The number of carbonyl (C=O) groups excluding carboxylic acids is 1. The molecule has 1 aromatic heterocycles. The van der Waals surface area contributed by atoms with Crippen LogP contribution in [0.4, 0.5) is 0 Å². The Morgan fingerprint density at radius 2 is 1.90 bits per heavy atom. The van der Waals surface area contributed by atoms with E-state index in [1.54, 1.807) is 12.4 Å². The van der Waals surface area contributed by atoms with E-state index in [2.05, 4.69) is 29.1 Å². The number of ether oxygens (including phenoxy) is 2. The number of fused-ring (bicyclic) bond motifs is 1. The first-order valence-electron chi connectivity index (χ1n) is 10.8. The Balaban J connectivity index is 1.65. The van der Waals surface area contributed by atoms with E-state index in [-0.39, 0.29) is 11.8 Å². The van der Waals surface area contributed by atoms with Gasteiger partial charge < -0.3 is 19.7 Å². The van der Waals surface area contributed by atoms with E-state index >= 15 is 0 Å². The molecule has 0 saturated heterocycles. The fourth-order valence-corrected chi connectivity index (χ4v) is 3.81. The van der Waals surface area contributed by atoms with E-state index in [0.29, 0.717) is 61.8 Å². The first kappa shape index (κ1) is 23.3. The number of aromatic nitrogens is 2. The lowest BCUT2D eigenvalue weighted by atomic mass is 10.1. The van der Waals surface area contributed by atoms with E-state index in [0.717, 1.165) is 17.5 Å². The topological polar surface area (TPSA) is 76.6 Å². The lowest BCUT2D eigenvalue weighted by Gasteiger charge is -2.28. The number of rotatable bonds is 9. The van der Waals surface area contributed by atoms with Crippen LogP contribution in [-0.4, -0.2) is 47.1 Å². The number of hydrogen-bond acceptors (Lipinski definition) is 6. The van der Waals surface area contributed by atoms with Gasteiger partial charge in [0.1, 0.15) is 6.33 Å².